The van der Waals surface area contributed by atoms with Crippen molar-refractivity contribution in [1.82, 2.24) is 0 Å². The molecule has 0 spiro atoms. The molecule has 0 radical (unpaired) electrons. The molecular weight excluding hydrogens is 344 g/mol. The third-order valence-electron chi connectivity index (χ3n) is 8.03. The van der Waals surface area contributed by atoms with E-state index in [0.717, 1.165) is 43.3 Å². The highest BCUT2D eigenvalue weighted by Crippen LogP contribution is 2.58. The van der Waals surface area contributed by atoms with Gasteiger partial charge in [0.25, 0.3) is 0 Å². The van der Waals surface area contributed by atoms with Gasteiger partial charge in [-0.3, -0.25) is 4.79 Å². The maximum Gasteiger partial charge on any atom is 0.136 e. The Morgan fingerprint density at radius 1 is 1.21 bits per heavy atom. The molecule has 4 atom stereocenters. The Labute approximate surface area is 172 Å². The van der Waals surface area contributed by atoms with Crippen molar-refractivity contribution in [3.8, 4) is 5.75 Å². The van der Waals surface area contributed by atoms with Gasteiger partial charge in [-0.2, -0.15) is 0 Å². The van der Waals surface area contributed by atoms with E-state index >= 15 is 0 Å². The minimum absolute atomic E-state index is 0.263. The lowest BCUT2D eigenvalue weighted by Crippen LogP contribution is -2.42. The summed E-state index contributed by atoms with van der Waals surface area (Å²) >= 11 is 0. The van der Waals surface area contributed by atoms with Crippen LogP contribution in [-0.4, -0.2) is 12.9 Å². The quantitative estimate of drug-likeness (QED) is 0.494. The summed E-state index contributed by atoms with van der Waals surface area (Å²) in [5.41, 5.74) is 3.04. The van der Waals surface area contributed by atoms with Gasteiger partial charge in [0.1, 0.15) is 11.5 Å². The Balaban J connectivity index is 1.67. The van der Waals surface area contributed by atoms with E-state index < -0.39 is 0 Å². The number of rotatable bonds is 8. The summed E-state index contributed by atoms with van der Waals surface area (Å²) in [5, 5.41) is 0. The molecule has 0 bridgehead atoms. The van der Waals surface area contributed by atoms with Crippen molar-refractivity contribution in [3.63, 3.8) is 0 Å². The van der Waals surface area contributed by atoms with E-state index in [1.165, 1.54) is 43.2 Å². The third-order valence-corrected chi connectivity index (χ3v) is 8.03. The molecule has 2 nitrogen and oxygen atoms in total. The Kier molecular flexibility index (Phi) is 6.89. The number of aryl methyl sites for hydroxylation is 2. The summed E-state index contributed by atoms with van der Waals surface area (Å²) in [6.45, 7) is 9.34. The third kappa shape index (κ3) is 4.47. The summed E-state index contributed by atoms with van der Waals surface area (Å²) in [7, 11) is 1.72. The highest BCUT2D eigenvalue weighted by molar-refractivity contribution is 5.82. The predicted octanol–water partition coefficient (Wildman–Crippen LogP) is 6.77. The van der Waals surface area contributed by atoms with Gasteiger partial charge >= 0.3 is 0 Å². The number of carbonyl (C=O) groups is 1. The van der Waals surface area contributed by atoms with Gasteiger partial charge in [-0.15, -0.1) is 0 Å². The van der Waals surface area contributed by atoms with Gasteiger partial charge in [0.15, 0.2) is 0 Å². The van der Waals surface area contributed by atoms with Crippen LogP contribution < -0.4 is 4.74 Å². The van der Waals surface area contributed by atoms with Crippen molar-refractivity contribution in [3.05, 3.63) is 29.3 Å². The number of benzene rings is 1. The van der Waals surface area contributed by atoms with Crippen LogP contribution >= 0.6 is 0 Å². The van der Waals surface area contributed by atoms with Gasteiger partial charge in [-0.1, -0.05) is 39.7 Å². The standard InChI is InChI=1S/C26H40O2/c1-18(2)7-6-8-21-11-14-24-23(25(27)15-16-26(21,24)4)13-10-20-17-22(28-5)12-9-19(20)3/h9,12,17-18,21,23-24H,6-8,10-11,13-16H2,1-5H3. The average Bonchev–Trinajstić information content (AvgIpc) is 2.99. The monoisotopic (exact) mass is 384 g/mol. The second-order valence-electron chi connectivity index (χ2n) is 10.1. The van der Waals surface area contributed by atoms with Crippen molar-refractivity contribution in [1.29, 1.82) is 0 Å². The second-order valence-corrected chi connectivity index (χ2v) is 10.1. The topological polar surface area (TPSA) is 26.3 Å². The maximum atomic E-state index is 12.9. The molecule has 0 heterocycles. The first-order chi connectivity index (χ1) is 13.3. The molecule has 1 aromatic rings. The van der Waals surface area contributed by atoms with Crippen LogP contribution in [-0.2, 0) is 11.2 Å². The molecule has 1 aromatic carbocycles. The van der Waals surface area contributed by atoms with Crippen LogP contribution in [0.5, 0.6) is 5.75 Å². The Morgan fingerprint density at radius 3 is 2.71 bits per heavy atom. The Morgan fingerprint density at radius 2 is 2.00 bits per heavy atom. The Hall–Kier alpha value is -1.31. The number of methoxy groups -OCH3 is 1. The average molecular weight is 385 g/mol. The van der Waals surface area contributed by atoms with Crippen molar-refractivity contribution in [2.45, 2.75) is 85.5 Å². The van der Waals surface area contributed by atoms with Crippen molar-refractivity contribution < 1.29 is 9.53 Å². The van der Waals surface area contributed by atoms with Crippen LogP contribution in [0.15, 0.2) is 18.2 Å². The minimum Gasteiger partial charge on any atom is -0.497 e. The number of carbonyl (C=O) groups excluding carboxylic acids is 1. The van der Waals surface area contributed by atoms with Crippen LogP contribution in [0.2, 0.25) is 0 Å². The van der Waals surface area contributed by atoms with E-state index in [-0.39, 0.29) is 5.92 Å². The molecule has 0 aromatic heterocycles. The summed E-state index contributed by atoms with van der Waals surface area (Å²) in [6, 6.07) is 6.33. The summed E-state index contributed by atoms with van der Waals surface area (Å²) in [4.78, 5) is 12.9. The Bertz CT molecular complexity index is 677. The predicted molar refractivity (Wildman–Crippen MR) is 117 cm³/mol. The molecule has 0 aliphatic heterocycles. The van der Waals surface area contributed by atoms with Gasteiger partial charge in [-0.25, -0.2) is 0 Å². The molecule has 2 saturated carbocycles. The van der Waals surface area contributed by atoms with Crippen molar-refractivity contribution in [2.24, 2.45) is 29.1 Å². The molecular formula is C26H40O2. The molecule has 2 aliphatic rings. The molecule has 0 amide bonds. The molecule has 4 unspecified atom stereocenters. The normalized spacial score (nSPS) is 29.9. The zero-order valence-electron chi connectivity index (χ0n) is 18.7. The number of Topliss-reactive ketones (excluding diaryl/α,β-unsaturated/α-hetero) is 1. The molecule has 2 aliphatic carbocycles. The van der Waals surface area contributed by atoms with Crippen LogP contribution in [0, 0.1) is 36.0 Å². The van der Waals surface area contributed by atoms with Crippen LogP contribution in [0.1, 0.15) is 83.3 Å². The fourth-order valence-corrected chi connectivity index (χ4v) is 6.16. The van der Waals surface area contributed by atoms with Gasteiger partial charge < -0.3 is 4.74 Å². The van der Waals surface area contributed by atoms with E-state index in [0.29, 0.717) is 17.1 Å². The fourth-order valence-electron chi connectivity index (χ4n) is 6.16. The van der Waals surface area contributed by atoms with Crippen LogP contribution in [0.4, 0.5) is 0 Å². The van der Waals surface area contributed by atoms with Crippen LogP contribution in [0.25, 0.3) is 0 Å². The first kappa shape index (κ1) is 21.4. The van der Waals surface area contributed by atoms with Gasteiger partial charge in [-0.05, 0) is 91.9 Å². The van der Waals surface area contributed by atoms with Gasteiger partial charge in [0.05, 0.1) is 7.11 Å². The van der Waals surface area contributed by atoms with Crippen molar-refractivity contribution in [2.75, 3.05) is 7.11 Å². The molecule has 0 N–H and O–H groups in total. The first-order valence-electron chi connectivity index (χ1n) is 11.5. The lowest BCUT2D eigenvalue weighted by molar-refractivity contribution is -0.131. The van der Waals surface area contributed by atoms with E-state index in [4.69, 9.17) is 4.74 Å². The molecule has 156 valence electrons. The number of hydrogen-bond acceptors (Lipinski definition) is 2. The van der Waals surface area contributed by atoms with Crippen molar-refractivity contribution >= 4 is 5.78 Å². The minimum atomic E-state index is 0.263. The summed E-state index contributed by atoms with van der Waals surface area (Å²) in [5.74, 6) is 3.95. The fraction of sp³-hybridized carbons (Fsp3) is 0.731. The van der Waals surface area contributed by atoms with Gasteiger partial charge in [0, 0.05) is 12.3 Å². The maximum absolute atomic E-state index is 12.9. The molecule has 28 heavy (non-hydrogen) atoms. The second kappa shape index (κ2) is 9.01. The smallest absolute Gasteiger partial charge is 0.136 e. The van der Waals surface area contributed by atoms with Gasteiger partial charge in [0.2, 0.25) is 0 Å². The van der Waals surface area contributed by atoms with E-state index in [9.17, 15) is 4.79 Å². The molecule has 2 fully saturated rings. The van der Waals surface area contributed by atoms with E-state index in [1.54, 1.807) is 7.11 Å². The number of hydrogen-bond donors (Lipinski definition) is 0. The SMILES string of the molecule is COc1ccc(C)c(CCC2C(=O)CCC3(C)C(CCCC(C)C)CCC23)c1. The number of fused-ring (bicyclic) bond motifs is 1. The summed E-state index contributed by atoms with van der Waals surface area (Å²) in [6.07, 6.45) is 10.6. The zero-order chi connectivity index (χ0) is 20.3. The van der Waals surface area contributed by atoms with E-state index in [2.05, 4.69) is 39.8 Å². The highest BCUT2D eigenvalue weighted by Gasteiger charge is 2.52. The van der Waals surface area contributed by atoms with Crippen LogP contribution in [0.3, 0.4) is 0 Å². The highest BCUT2D eigenvalue weighted by atomic mass is 16.5. The molecule has 0 saturated heterocycles. The largest absolute Gasteiger partial charge is 0.497 e. The first-order valence-corrected chi connectivity index (χ1v) is 11.5. The summed E-state index contributed by atoms with van der Waals surface area (Å²) < 4.78 is 5.41. The lowest BCUT2D eigenvalue weighted by Gasteiger charge is -2.44. The lowest BCUT2D eigenvalue weighted by atomic mass is 9.59. The van der Waals surface area contributed by atoms with E-state index in [1.807, 2.05) is 6.07 Å². The molecule has 2 heteroatoms. The zero-order valence-corrected chi connectivity index (χ0v) is 18.7. The number of ether oxygens (including phenoxy) is 1. The molecule has 3 rings (SSSR count). The number of ketones is 1.